The maximum atomic E-state index is 12.3. The molecule has 1 fully saturated rings. The molecule has 3 heterocycles. The number of likely N-dealkylation sites (tertiary alicyclic amines) is 1. The lowest BCUT2D eigenvalue weighted by molar-refractivity contribution is 0.177. The molecule has 0 unspecified atom stereocenters. The van der Waals surface area contributed by atoms with Crippen molar-refractivity contribution in [3.63, 3.8) is 0 Å². The summed E-state index contributed by atoms with van der Waals surface area (Å²) in [6.45, 7) is 1.98. The van der Waals surface area contributed by atoms with Gasteiger partial charge >= 0.3 is 6.03 Å². The van der Waals surface area contributed by atoms with Gasteiger partial charge in [-0.25, -0.2) is 4.79 Å². The van der Waals surface area contributed by atoms with Gasteiger partial charge in [-0.15, -0.1) is 21.5 Å². The minimum atomic E-state index is -0.0311. The number of amides is 2. The molecule has 0 aromatic carbocycles. The van der Waals surface area contributed by atoms with Gasteiger partial charge in [0.25, 0.3) is 0 Å². The number of aryl methyl sites for hydroxylation is 1. The van der Waals surface area contributed by atoms with Gasteiger partial charge in [0.05, 0.1) is 10.9 Å². The number of aromatic nitrogens is 3. The Kier molecular flexibility index (Phi) is 4.63. The molecule has 1 saturated heterocycles. The molecule has 0 radical (unpaired) electrons. The normalized spacial score (nSPS) is 18.5. The Morgan fingerprint density at radius 1 is 1.55 bits per heavy atom. The molecule has 2 amide bonds. The second-order valence-electron chi connectivity index (χ2n) is 5.45. The molecule has 118 valence electrons. The van der Waals surface area contributed by atoms with Gasteiger partial charge in [-0.1, -0.05) is 11.6 Å². The standard InChI is InChI=1S/C14H18ClN5OS/c1-19-9-17-18-13(19)10-3-2-6-20(8-10)14(21)16-7-11-4-5-12(15)22-11/h4-5,9-10H,2-3,6-8H2,1H3,(H,16,21)/t10-/m1/s1. The van der Waals surface area contributed by atoms with Crippen molar-refractivity contribution in [2.45, 2.75) is 25.3 Å². The molecule has 3 rings (SSSR count). The van der Waals surface area contributed by atoms with Gasteiger partial charge in [-0.05, 0) is 25.0 Å². The Bertz CT molecular complexity index is 655. The van der Waals surface area contributed by atoms with Crippen LogP contribution in [0.4, 0.5) is 4.79 Å². The van der Waals surface area contributed by atoms with Gasteiger partial charge in [0.2, 0.25) is 0 Å². The summed E-state index contributed by atoms with van der Waals surface area (Å²) < 4.78 is 2.67. The molecule has 0 bridgehead atoms. The Morgan fingerprint density at radius 3 is 3.09 bits per heavy atom. The van der Waals surface area contributed by atoms with E-state index in [2.05, 4.69) is 15.5 Å². The Labute approximate surface area is 138 Å². The zero-order valence-corrected chi connectivity index (χ0v) is 13.9. The fourth-order valence-corrected chi connectivity index (χ4v) is 3.78. The number of nitrogens with one attached hydrogen (secondary N) is 1. The number of hydrogen-bond donors (Lipinski definition) is 1. The molecule has 6 nitrogen and oxygen atoms in total. The van der Waals surface area contributed by atoms with Crippen LogP contribution in [0.1, 0.15) is 29.5 Å². The Balaban J connectivity index is 1.57. The van der Waals surface area contributed by atoms with Crippen LogP contribution in [0.3, 0.4) is 0 Å². The van der Waals surface area contributed by atoms with Crippen molar-refractivity contribution in [2.24, 2.45) is 7.05 Å². The quantitative estimate of drug-likeness (QED) is 0.935. The van der Waals surface area contributed by atoms with E-state index < -0.39 is 0 Å². The average molecular weight is 340 g/mol. The first-order chi connectivity index (χ1) is 10.6. The predicted octanol–water partition coefficient (Wildman–Crippen LogP) is 2.62. The van der Waals surface area contributed by atoms with Gasteiger partial charge < -0.3 is 14.8 Å². The number of hydrogen-bond acceptors (Lipinski definition) is 4. The summed E-state index contributed by atoms with van der Waals surface area (Å²) in [5.41, 5.74) is 0. The maximum absolute atomic E-state index is 12.3. The molecule has 1 aliphatic rings. The highest BCUT2D eigenvalue weighted by Gasteiger charge is 2.27. The number of carbonyl (C=O) groups is 1. The third kappa shape index (κ3) is 3.41. The first kappa shape index (κ1) is 15.3. The molecular formula is C14H18ClN5OS. The summed E-state index contributed by atoms with van der Waals surface area (Å²) in [6, 6.07) is 3.75. The van der Waals surface area contributed by atoms with E-state index in [-0.39, 0.29) is 11.9 Å². The first-order valence-corrected chi connectivity index (χ1v) is 8.44. The zero-order valence-electron chi connectivity index (χ0n) is 12.3. The minimum Gasteiger partial charge on any atom is -0.333 e. The Hall–Kier alpha value is -1.60. The summed E-state index contributed by atoms with van der Waals surface area (Å²) in [5, 5.41) is 11.1. The minimum absolute atomic E-state index is 0.0311. The van der Waals surface area contributed by atoms with E-state index in [9.17, 15) is 4.79 Å². The fraction of sp³-hybridized carbons (Fsp3) is 0.500. The van der Waals surface area contributed by atoms with Gasteiger partial charge in [0.1, 0.15) is 12.2 Å². The highest BCUT2D eigenvalue weighted by molar-refractivity contribution is 7.16. The van der Waals surface area contributed by atoms with Crippen molar-refractivity contribution < 1.29 is 4.79 Å². The molecular weight excluding hydrogens is 322 g/mol. The van der Waals surface area contributed by atoms with Gasteiger partial charge in [-0.2, -0.15) is 0 Å². The number of carbonyl (C=O) groups excluding carboxylic acids is 1. The SMILES string of the molecule is Cn1cnnc1[C@@H]1CCCN(C(=O)NCc2ccc(Cl)s2)C1. The maximum Gasteiger partial charge on any atom is 0.317 e. The molecule has 22 heavy (non-hydrogen) atoms. The van der Waals surface area contributed by atoms with Crippen LogP contribution < -0.4 is 5.32 Å². The van der Waals surface area contributed by atoms with Crippen molar-refractivity contribution in [3.8, 4) is 0 Å². The van der Waals surface area contributed by atoms with E-state index in [1.54, 1.807) is 6.33 Å². The van der Waals surface area contributed by atoms with Crippen LogP contribution in [0.25, 0.3) is 0 Å². The van der Waals surface area contributed by atoms with E-state index in [0.29, 0.717) is 13.1 Å². The number of rotatable bonds is 3. The third-order valence-electron chi connectivity index (χ3n) is 3.86. The van der Waals surface area contributed by atoms with Crippen LogP contribution in [0, 0.1) is 0 Å². The number of thiophene rings is 1. The zero-order chi connectivity index (χ0) is 15.5. The second-order valence-corrected chi connectivity index (χ2v) is 7.25. The summed E-state index contributed by atoms with van der Waals surface area (Å²) in [4.78, 5) is 15.2. The summed E-state index contributed by atoms with van der Waals surface area (Å²) in [5.74, 6) is 1.20. The average Bonchev–Trinajstić information content (AvgIpc) is 3.13. The third-order valence-corrected chi connectivity index (χ3v) is 5.09. The van der Waals surface area contributed by atoms with Crippen LogP contribution in [0.15, 0.2) is 18.5 Å². The molecule has 0 saturated carbocycles. The summed E-state index contributed by atoms with van der Waals surface area (Å²) >= 11 is 7.38. The molecule has 0 spiro atoms. The topological polar surface area (TPSA) is 63.1 Å². The lowest BCUT2D eigenvalue weighted by Gasteiger charge is -2.32. The molecule has 2 aromatic rings. The fourth-order valence-electron chi connectivity index (χ4n) is 2.76. The molecule has 2 aromatic heterocycles. The molecule has 1 N–H and O–H groups in total. The van der Waals surface area contributed by atoms with Crippen molar-refractivity contribution in [2.75, 3.05) is 13.1 Å². The lowest BCUT2D eigenvalue weighted by Crippen LogP contribution is -2.45. The van der Waals surface area contributed by atoms with Crippen LogP contribution in [-0.2, 0) is 13.6 Å². The van der Waals surface area contributed by atoms with Crippen LogP contribution >= 0.6 is 22.9 Å². The number of nitrogens with zero attached hydrogens (tertiary/aromatic N) is 4. The smallest absolute Gasteiger partial charge is 0.317 e. The molecule has 0 aliphatic carbocycles. The van der Waals surface area contributed by atoms with Gasteiger partial charge in [0.15, 0.2) is 0 Å². The summed E-state index contributed by atoms with van der Waals surface area (Å²) in [6.07, 6.45) is 3.72. The van der Waals surface area contributed by atoms with Crippen molar-refractivity contribution >= 4 is 29.0 Å². The van der Waals surface area contributed by atoms with Crippen LogP contribution in [-0.4, -0.2) is 38.8 Å². The molecule has 8 heteroatoms. The Morgan fingerprint density at radius 2 is 2.41 bits per heavy atom. The predicted molar refractivity (Wildman–Crippen MR) is 86.1 cm³/mol. The largest absolute Gasteiger partial charge is 0.333 e. The highest BCUT2D eigenvalue weighted by Crippen LogP contribution is 2.25. The van der Waals surface area contributed by atoms with E-state index in [0.717, 1.165) is 34.4 Å². The van der Waals surface area contributed by atoms with Crippen molar-refractivity contribution in [3.05, 3.63) is 33.5 Å². The van der Waals surface area contributed by atoms with Crippen LogP contribution in [0.5, 0.6) is 0 Å². The van der Waals surface area contributed by atoms with Crippen molar-refractivity contribution in [1.82, 2.24) is 25.0 Å². The van der Waals surface area contributed by atoms with Gasteiger partial charge in [-0.3, -0.25) is 0 Å². The van der Waals surface area contributed by atoms with Gasteiger partial charge in [0, 0.05) is 30.9 Å². The first-order valence-electron chi connectivity index (χ1n) is 7.24. The number of urea groups is 1. The highest BCUT2D eigenvalue weighted by atomic mass is 35.5. The summed E-state index contributed by atoms with van der Waals surface area (Å²) in [7, 11) is 1.94. The van der Waals surface area contributed by atoms with E-state index in [4.69, 9.17) is 11.6 Å². The van der Waals surface area contributed by atoms with E-state index in [1.165, 1.54) is 11.3 Å². The number of halogens is 1. The lowest BCUT2D eigenvalue weighted by atomic mass is 9.97. The monoisotopic (exact) mass is 339 g/mol. The van der Waals surface area contributed by atoms with Crippen molar-refractivity contribution in [1.29, 1.82) is 0 Å². The van der Waals surface area contributed by atoms with Crippen LogP contribution in [0.2, 0.25) is 4.34 Å². The number of piperidine rings is 1. The second kappa shape index (κ2) is 6.66. The van der Waals surface area contributed by atoms with E-state index >= 15 is 0 Å². The van der Waals surface area contributed by atoms with E-state index in [1.807, 2.05) is 28.6 Å². The molecule has 1 atom stereocenters. The molecule has 1 aliphatic heterocycles.